The van der Waals surface area contributed by atoms with Gasteiger partial charge in [0.25, 0.3) is 0 Å². The van der Waals surface area contributed by atoms with E-state index in [2.05, 4.69) is 19.9 Å². The number of benzene rings is 1. The summed E-state index contributed by atoms with van der Waals surface area (Å²) in [5.41, 5.74) is 2.58. The van der Waals surface area contributed by atoms with Crippen LogP contribution in [0.5, 0.6) is 11.5 Å². The van der Waals surface area contributed by atoms with Gasteiger partial charge in [0, 0.05) is 23.8 Å². The van der Waals surface area contributed by atoms with Crippen LogP contribution in [0.15, 0.2) is 37.2 Å². The molecule has 0 atom stereocenters. The maximum Gasteiger partial charge on any atom is 0.165 e. The van der Waals surface area contributed by atoms with Gasteiger partial charge >= 0.3 is 0 Å². The summed E-state index contributed by atoms with van der Waals surface area (Å²) in [5, 5.41) is 0.955. The summed E-state index contributed by atoms with van der Waals surface area (Å²) >= 11 is 0. The molecule has 0 amide bonds. The summed E-state index contributed by atoms with van der Waals surface area (Å²) in [4.78, 5) is 16.2. The fraction of sp³-hybridized carbons (Fsp3) is 0.133. The van der Waals surface area contributed by atoms with Crippen molar-refractivity contribution < 1.29 is 9.47 Å². The number of hydrogen-bond donors (Lipinski definition) is 1. The van der Waals surface area contributed by atoms with Crippen LogP contribution in [0, 0.1) is 0 Å². The number of ether oxygens (including phenoxy) is 2. The van der Waals surface area contributed by atoms with Crippen molar-refractivity contribution in [2.75, 3.05) is 14.2 Å². The molecule has 0 unspecified atom stereocenters. The van der Waals surface area contributed by atoms with Gasteiger partial charge in [0.1, 0.15) is 23.7 Å². The van der Waals surface area contributed by atoms with Gasteiger partial charge < -0.3 is 14.5 Å². The summed E-state index contributed by atoms with van der Waals surface area (Å²) in [6, 6.07) is 3.81. The van der Waals surface area contributed by atoms with E-state index in [1.807, 2.05) is 22.9 Å². The molecule has 7 heteroatoms. The smallest absolute Gasteiger partial charge is 0.165 e. The van der Waals surface area contributed by atoms with Crippen LogP contribution in [-0.2, 0) is 0 Å². The minimum absolute atomic E-state index is 0.665. The zero-order valence-electron chi connectivity index (χ0n) is 12.1. The van der Waals surface area contributed by atoms with Crippen molar-refractivity contribution in [3.05, 3.63) is 37.2 Å². The van der Waals surface area contributed by atoms with Gasteiger partial charge in [0.15, 0.2) is 17.3 Å². The maximum absolute atomic E-state index is 5.37. The molecule has 3 aromatic heterocycles. The lowest BCUT2D eigenvalue weighted by Gasteiger charge is -2.06. The summed E-state index contributed by atoms with van der Waals surface area (Å²) < 4.78 is 12.6. The standard InChI is InChI=1S/C15H13N5O2/c1-21-11-5-9-10(6-12(11)22-2)19-14-13(9)17-7-18-15(14)20-4-3-16-8-20/h3-8,19H,1-2H3. The van der Waals surface area contributed by atoms with Crippen molar-refractivity contribution in [3.8, 4) is 17.3 Å². The highest BCUT2D eigenvalue weighted by Crippen LogP contribution is 2.35. The third-order valence-corrected chi connectivity index (χ3v) is 3.61. The van der Waals surface area contributed by atoms with E-state index in [1.165, 1.54) is 0 Å². The third-order valence-electron chi connectivity index (χ3n) is 3.61. The second-order valence-corrected chi connectivity index (χ2v) is 4.77. The van der Waals surface area contributed by atoms with Crippen molar-refractivity contribution in [3.63, 3.8) is 0 Å². The third kappa shape index (κ3) is 1.72. The molecule has 0 radical (unpaired) electrons. The van der Waals surface area contributed by atoms with Crippen LogP contribution in [-0.4, -0.2) is 38.7 Å². The number of nitrogens with zero attached hydrogens (tertiary/aromatic N) is 4. The molecule has 0 saturated heterocycles. The lowest BCUT2D eigenvalue weighted by atomic mass is 10.2. The molecular weight excluding hydrogens is 282 g/mol. The van der Waals surface area contributed by atoms with E-state index in [-0.39, 0.29) is 0 Å². The van der Waals surface area contributed by atoms with E-state index >= 15 is 0 Å². The largest absolute Gasteiger partial charge is 0.493 e. The van der Waals surface area contributed by atoms with E-state index in [4.69, 9.17) is 9.47 Å². The van der Waals surface area contributed by atoms with Crippen molar-refractivity contribution in [1.29, 1.82) is 0 Å². The molecule has 0 aliphatic heterocycles. The Morgan fingerprint density at radius 3 is 2.64 bits per heavy atom. The van der Waals surface area contributed by atoms with Crippen molar-refractivity contribution in [1.82, 2.24) is 24.5 Å². The monoisotopic (exact) mass is 295 g/mol. The molecule has 110 valence electrons. The van der Waals surface area contributed by atoms with E-state index in [1.54, 1.807) is 33.1 Å². The molecule has 4 aromatic rings. The van der Waals surface area contributed by atoms with Crippen LogP contribution >= 0.6 is 0 Å². The van der Waals surface area contributed by atoms with E-state index in [9.17, 15) is 0 Å². The van der Waals surface area contributed by atoms with Gasteiger partial charge in [-0.15, -0.1) is 0 Å². The van der Waals surface area contributed by atoms with Crippen LogP contribution in [0.4, 0.5) is 0 Å². The van der Waals surface area contributed by atoms with Gasteiger partial charge in [-0.3, -0.25) is 4.57 Å². The highest BCUT2D eigenvalue weighted by molar-refractivity contribution is 6.07. The van der Waals surface area contributed by atoms with Gasteiger partial charge in [-0.05, 0) is 6.07 Å². The van der Waals surface area contributed by atoms with Gasteiger partial charge in [0.05, 0.1) is 19.7 Å². The minimum atomic E-state index is 0.665. The van der Waals surface area contributed by atoms with Crippen molar-refractivity contribution in [2.24, 2.45) is 0 Å². The molecule has 0 aliphatic rings. The number of fused-ring (bicyclic) bond motifs is 3. The second kappa shape index (κ2) is 4.73. The molecule has 7 nitrogen and oxygen atoms in total. The van der Waals surface area contributed by atoms with E-state index in [0.29, 0.717) is 11.5 Å². The Balaban J connectivity index is 2.07. The lowest BCUT2D eigenvalue weighted by Crippen LogP contribution is -1.96. The molecule has 0 saturated carbocycles. The first-order valence-corrected chi connectivity index (χ1v) is 6.68. The minimum Gasteiger partial charge on any atom is -0.493 e. The fourth-order valence-electron chi connectivity index (χ4n) is 2.59. The number of aromatic nitrogens is 5. The highest BCUT2D eigenvalue weighted by atomic mass is 16.5. The molecule has 3 heterocycles. The number of nitrogens with one attached hydrogen (secondary N) is 1. The molecule has 1 aromatic carbocycles. The highest BCUT2D eigenvalue weighted by Gasteiger charge is 2.15. The molecule has 0 spiro atoms. The molecular formula is C15H13N5O2. The van der Waals surface area contributed by atoms with Crippen LogP contribution in [0.3, 0.4) is 0 Å². The lowest BCUT2D eigenvalue weighted by molar-refractivity contribution is 0.356. The first-order chi connectivity index (χ1) is 10.8. The molecule has 0 bridgehead atoms. The Labute approximate surface area is 125 Å². The number of hydrogen-bond acceptors (Lipinski definition) is 5. The van der Waals surface area contributed by atoms with Gasteiger partial charge in [-0.2, -0.15) is 0 Å². The second-order valence-electron chi connectivity index (χ2n) is 4.77. The Morgan fingerprint density at radius 1 is 1.09 bits per heavy atom. The Morgan fingerprint density at radius 2 is 1.91 bits per heavy atom. The first kappa shape index (κ1) is 12.6. The number of H-pyrrole nitrogens is 1. The fourth-order valence-corrected chi connectivity index (χ4v) is 2.59. The quantitative estimate of drug-likeness (QED) is 0.627. The predicted molar refractivity (Wildman–Crippen MR) is 81.6 cm³/mol. The number of aromatic amines is 1. The molecule has 1 N–H and O–H groups in total. The Bertz CT molecular complexity index is 959. The number of rotatable bonds is 3. The van der Waals surface area contributed by atoms with E-state index < -0.39 is 0 Å². The van der Waals surface area contributed by atoms with Crippen molar-refractivity contribution in [2.45, 2.75) is 0 Å². The predicted octanol–water partition coefficient (Wildman–Crippen LogP) is 2.31. The molecule has 4 rings (SSSR count). The van der Waals surface area contributed by atoms with E-state index in [0.717, 1.165) is 27.8 Å². The van der Waals surface area contributed by atoms with Gasteiger partial charge in [-0.1, -0.05) is 0 Å². The van der Waals surface area contributed by atoms with Crippen LogP contribution in [0.1, 0.15) is 0 Å². The Kier molecular flexibility index (Phi) is 2.72. The van der Waals surface area contributed by atoms with Gasteiger partial charge in [-0.25, -0.2) is 15.0 Å². The summed E-state index contributed by atoms with van der Waals surface area (Å²) in [6.07, 6.45) is 6.80. The average Bonchev–Trinajstić information content (AvgIpc) is 3.20. The summed E-state index contributed by atoms with van der Waals surface area (Å²) in [5.74, 6) is 2.08. The summed E-state index contributed by atoms with van der Waals surface area (Å²) in [7, 11) is 3.23. The number of methoxy groups -OCH3 is 2. The average molecular weight is 295 g/mol. The normalized spacial score (nSPS) is 11.2. The van der Waals surface area contributed by atoms with Crippen molar-refractivity contribution >= 4 is 21.9 Å². The molecule has 0 aliphatic carbocycles. The zero-order valence-corrected chi connectivity index (χ0v) is 12.1. The Hall–Kier alpha value is -3.09. The van der Waals surface area contributed by atoms with Crippen LogP contribution in [0.25, 0.3) is 27.8 Å². The zero-order chi connectivity index (χ0) is 15.1. The number of imidazole rings is 1. The van der Waals surface area contributed by atoms with Crippen LogP contribution < -0.4 is 9.47 Å². The first-order valence-electron chi connectivity index (χ1n) is 6.68. The SMILES string of the molecule is COc1cc2[nH]c3c(-n4ccnc4)ncnc3c2cc1OC. The topological polar surface area (TPSA) is 77.9 Å². The van der Waals surface area contributed by atoms with Gasteiger partial charge in [0.2, 0.25) is 0 Å². The maximum atomic E-state index is 5.37. The summed E-state index contributed by atoms with van der Waals surface area (Å²) in [6.45, 7) is 0. The van der Waals surface area contributed by atoms with Crippen LogP contribution in [0.2, 0.25) is 0 Å². The molecule has 22 heavy (non-hydrogen) atoms. The molecule has 0 fully saturated rings.